The van der Waals surface area contributed by atoms with E-state index in [2.05, 4.69) is 38.8 Å². The molecule has 1 saturated heterocycles. The van der Waals surface area contributed by atoms with Gasteiger partial charge in [-0.3, -0.25) is 9.36 Å². The van der Waals surface area contributed by atoms with Crippen LogP contribution in [-0.4, -0.2) is 44.4 Å². The summed E-state index contributed by atoms with van der Waals surface area (Å²) in [5, 5.41) is 2.88. The van der Waals surface area contributed by atoms with Crippen molar-refractivity contribution in [1.29, 1.82) is 0 Å². The van der Waals surface area contributed by atoms with Crippen LogP contribution in [0.3, 0.4) is 0 Å². The van der Waals surface area contributed by atoms with Gasteiger partial charge in [-0.2, -0.15) is 4.98 Å². The van der Waals surface area contributed by atoms with Gasteiger partial charge in [0.15, 0.2) is 0 Å². The maximum absolute atomic E-state index is 12.8. The van der Waals surface area contributed by atoms with Gasteiger partial charge >= 0.3 is 6.36 Å². The van der Waals surface area contributed by atoms with Gasteiger partial charge in [0.1, 0.15) is 17.9 Å². The van der Waals surface area contributed by atoms with Crippen LogP contribution in [0.5, 0.6) is 5.75 Å². The van der Waals surface area contributed by atoms with E-state index in [1.54, 1.807) is 23.3 Å². The highest BCUT2D eigenvalue weighted by molar-refractivity contribution is 5.77. The normalized spacial score (nSPS) is 16.3. The monoisotopic (exact) mass is 502 g/mol. The largest absolute Gasteiger partial charge is 0.573 e. The molecule has 11 heteroatoms. The third-order valence-corrected chi connectivity index (χ3v) is 6.04. The van der Waals surface area contributed by atoms with Gasteiger partial charge in [0.2, 0.25) is 11.9 Å². The highest BCUT2D eigenvalue weighted by atomic mass is 19.4. The third kappa shape index (κ3) is 6.73. The fourth-order valence-corrected chi connectivity index (χ4v) is 4.19. The van der Waals surface area contributed by atoms with Gasteiger partial charge in [-0.05, 0) is 42.9 Å². The van der Waals surface area contributed by atoms with Crippen molar-refractivity contribution in [2.24, 2.45) is 0 Å². The fraction of sp³-hybridized carbons (Fsp3) is 0.440. The van der Waals surface area contributed by atoms with E-state index in [9.17, 15) is 18.0 Å². The van der Waals surface area contributed by atoms with Gasteiger partial charge in [0.05, 0.1) is 5.69 Å². The van der Waals surface area contributed by atoms with E-state index in [1.165, 1.54) is 24.3 Å². The van der Waals surface area contributed by atoms with Crippen molar-refractivity contribution < 1.29 is 22.7 Å². The summed E-state index contributed by atoms with van der Waals surface area (Å²) < 4.78 is 42.7. The topological polar surface area (TPSA) is 85.2 Å². The summed E-state index contributed by atoms with van der Waals surface area (Å²) in [4.78, 5) is 28.5. The average molecular weight is 503 g/mol. The molecule has 192 valence electrons. The molecule has 1 fully saturated rings. The number of anilines is 1. The summed E-state index contributed by atoms with van der Waals surface area (Å²) in [6.07, 6.45) is 3.57. The average Bonchev–Trinajstić information content (AvgIpc) is 3.38. The van der Waals surface area contributed by atoms with Crippen molar-refractivity contribution in [3.63, 3.8) is 0 Å². The lowest BCUT2D eigenvalue weighted by Crippen LogP contribution is -2.43. The number of carbonyl (C=O) groups excluding carboxylic acids is 1. The van der Waals surface area contributed by atoms with Crippen molar-refractivity contribution >= 4 is 11.7 Å². The quantitative estimate of drug-likeness (QED) is 0.479. The van der Waals surface area contributed by atoms with E-state index in [-0.39, 0.29) is 36.6 Å². The smallest absolute Gasteiger partial charge is 0.406 e. The Labute approximate surface area is 207 Å². The van der Waals surface area contributed by atoms with E-state index in [4.69, 9.17) is 4.98 Å². The predicted octanol–water partition coefficient (Wildman–Crippen LogP) is 4.75. The second-order valence-corrected chi connectivity index (χ2v) is 9.09. The van der Waals surface area contributed by atoms with Gasteiger partial charge in [-0.15, -0.1) is 13.2 Å². The Hall–Kier alpha value is -3.63. The molecule has 1 N–H and O–H groups in total. The summed E-state index contributed by atoms with van der Waals surface area (Å²) in [5.74, 6) is 1.11. The molecular formula is C25H29F3N6O2. The first-order valence-corrected chi connectivity index (χ1v) is 11.9. The second kappa shape index (κ2) is 11.0. The van der Waals surface area contributed by atoms with E-state index in [1.807, 2.05) is 6.07 Å². The molecule has 1 unspecified atom stereocenters. The number of nitrogens with one attached hydrogen (secondary N) is 1. The highest BCUT2D eigenvalue weighted by Gasteiger charge is 2.31. The third-order valence-electron chi connectivity index (χ3n) is 6.04. The molecule has 3 heterocycles. The van der Waals surface area contributed by atoms with Crippen LogP contribution >= 0.6 is 0 Å². The zero-order chi connectivity index (χ0) is 25.7. The molecule has 1 atom stereocenters. The number of carbonyl (C=O) groups is 1. The van der Waals surface area contributed by atoms with Crippen LogP contribution in [0.2, 0.25) is 0 Å². The predicted molar refractivity (Wildman–Crippen MR) is 128 cm³/mol. The zero-order valence-electron chi connectivity index (χ0n) is 20.2. The van der Waals surface area contributed by atoms with Gasteiger partial charge in [-0.1, -0.05) is 26.0 Å². The number of ether oxygens (including phenoxy) is 1. The summed E-state index contributed by atoms with van der Waals surface area (Å²) in [5.41, 5.74) is 1.59. The van der Waals surface area contributed by atoms with Crippen molar-refractivity contribution in [1.82, 2.24) is 24.8 Å². The maximum Gasteiger partial charge on any atom is 0.573 e. The van der Waals surface area contributed by atoms with Crippen LogP contribution < -0.4 is 15.0 Å². The van der Waals surface area contributed by atoms with Crippen molar-refractivity contribution in [3.8, 4) is 11.7 Å². The van der Waals surface area contributed by atoms with Crippen molar-refractivity contribution in [2.75, 3.05) is 11.4 Å². The van der Waals surface area contributed by atoms with Crippen molar-refractivity contribution in [2.45, 2.75) is 64.4 Å². The Kier molecular flexibility index (Phi) is 7.76. The molecule has 0 radical (unpaired) electrons. The molecule has 0 spiro atoms. The summed E-state index contributed by atoms with van der Waals surface area (Å²) in [6, 6.07) is 7.44. The van der Waals surface area contributed by atoms with Crippen LogP contribution in [0.25, 0.3) is 5.95 Å². The molecule has 0 aliphatic carbocycles. The molecule has 1 amide bonds. The number of halogens is 3. The number of nitrogens with zero attached hydrogens (tertiary/aromatic N) is 5. The highest BCUT2D eigenvalue weighted by Crippen LogP contribution is 2.28. The van der Waals surface area contributed by atoms with Crippen LogP contribution in [-0.2, 0) is 11.3 Å². The first kappa shape index (κ1) is 25.5. The second-order valence-electron chi connectivity index (χ2n) is 9.09. The number of rotatable bonds is 8. The zero-order valence-corrected chi connectivity index (χ0v) is 20.2. The SMILES string of the molecule is CC(C)c1cc(N2CCCCC2CC(=O)NCc2ccc(OC(F)(F)F)cc2)nc(-n2ccnc2)n1. The maximum atomic E-state index is 12.8. The van der Waals surface area contributed by atoms with Gasteiger partial charge < -0.3 is 15.0 Å². The number of aromatic nitrogens is 4. The molecule has 1 aliphatic heterocycles. The first-order valence-electron chi connectivity index (χ1n) is 11.9. The lowest BCUT2D eigenvalue weighted by molar-refractivity contribution is -0.274. The molecule has 1 aliphatic rings. The molecular weight excluding hydrogens is 473 g/mol. The lowest BCUT2D eigenvalue weighted by atomic mass is 9.98. The number of alkyl halides is 3. The van der Waals surface area contributed by atoms with Crippen LogP contribution in [0.4, 0.5) is 19.0 Å². The van der Waals surface area contributed by atoms with Gasteiger partial charge in [-0.25, -0.2) is 9.97 Å². The number of piperidine rings is 1. The molecule has 4 rings (SSSR count). The van der Waals surface area contributed by atoms with E-state index < -0.39 is 6.36 Å². The first-order chi connectivity index (χ1) is 17.2. The van der Waals surface area contributed by atoms with Gasteiger partial charge in [0.25, 0.3) is 0 Å². The number of amides is 1. The van der Waals surface area contributed by atoms with Gasteiger partial charge in [0, 0.05) is 44.0 Å². The molecule has 2 aromatic heterocycles. The van der Waals surface area contributed by atoms with Crippen LogP contribution in [0, 0.1) is 0 Å². The Morgan fingerprint density at radius 1 is 1.19 bits per heavy atom. The van der Waals surface area contributed by atoms with Crippen LogP contribution in [0.1, 0.15) is 56.7 Å². The Morgan fingerprint density at radius 3 is 2.64 bits per heavy atom. The van der Waals surface area contributed by atoms with Crippen LogP contribution in [0.15, 0.2) is 49.1 Å². The van der Waals surface area contributed by atoms with E-state index >= 15 is 0 Å². The number of benzene rings is 1. The Morgan fingerprint density at radius 2 is 1.97 bits per heavy atom. The number of imidazole rings is 1. The molecule has 8 nitrogen and oxygen atoms in total. The molecule has 0 saturated carbocycles. The Balaban J connectivity index is 1.43. The summed E-state index contributed by atoms with van der Waals surface area (Å²) >= 11 is 0. The standard InChI is InChI=1S/C25H29F3N6O2/c1-17(2)21-14-22(32-24(31-21)33-12-10-29-16-33)34-11-4-3-5-19(34)13-23(35)30-15-18-6-8-20(9-7-18)36-25(26,27)28/h6-10,12,14,16-17,19H,3-5,11,13,15H2,1-2H3,(H,30,35). The molecule has 1 aromatic carbocycles. The minimum atomic E-state index is -4.74. The fourth-order valence-electron chi connectivity index (χ4n) is 4.19. The minimum absolute atomic E-state index is 0.0214. The number of hydrogen-bond acceptors (Lipinski definition) is 6. The minimum Gasteiger partial charge on any atom is -0.406 e. The molecule has 3 aromatic rings. The summed E-state index contributed by atoms with van der Waals surface area (Å²) in [7, 11) is 0. The van der Waals surface area contributed by atoms with E-state index in [0.29, 0.717) is 11.5 Å². The van der Waals surface area contributed by atoms with E-state index in [0.717, 1.165) is 37.3 Å². The van der Waals surface area contributed by atoms with Crippen molar-refractivity contribution in [3.05, 3.63) is 60.3 Å². The Bertz CT molecular complexity index is 1150. The molecule has 36 heavy (non-hydrogen) atoms. The molecule has 0 bridgehead atoms. The lowest BCUT2D eigenvalue weighted by Gasteiger charge is -2.36. The summed E-state index contributed by atoms with van der Waals surface area (Å²) in [6.45, 7) is 5.16. The number of hydrogen-bond donors (Lipinski definition) is 1.